The number of amidine groups is 1. The number of hydrazine groups is 1. The highest BCUT2D eigenvalue weighted by atomic mass is 35.5. The van der Waals surface area contributed by atoms with Crippen LogP contribution in [-0.2, 0) is 11.6 Å². The predicted molar refractivity (Wildman–Crippen MR) is 101 cm³/mol. The number of rotatable bonds is 3. The zero-order valence-electron chi connectivity index (χ0n) is 16.1. The molecule has 1 aliphatic carbocycles. The minimum atomic E-state index is -4.95. The lowest BCUT2D eigenvalue weighted by molar-refractivity contribution is -0.139. The molecule has 0 radical (unpaired) electrons. The first-order valence-electron chi connectivity index (χ1n) is 8.77. The van der Waals surface area contributed by atoms with Crippen molar-refractivity contribution in [2.75, 3.05) is 14.1 Å². The standard InChI is InChI=1S/C18H18Cl2F5N5/c1-15(8-16(15,21)22)17(12-9(18(23,24)25)5-4-6-10(12)19)11(7-26)30(20)28-13(17)14(27)29(2)3/h4-6,11,13,27-28H,8H2,1-3H3. The molecule has 1 saturated carbocycles. The van der Waals surface area contributed by atoms with Crippen molar-refractivity contribution in [3.8, 4) is 6.07 Å². The van der Waals surface area contributed by atoms with Gasteiger partial charge in [-0.3, -0.25) is 5.41 Å². The zero-order chi connectivity index (χ0) is 22.9. The number of halogens is 7. The summed E-state index contributed by atoms with van der Waals surface area (Å²) in [5, 5.41) is 17.9. The van der Waals surface area contributed by atoms with Crippen LogP contribution in [0.15, 0.2) is 18.2 Å². The number of likely N-dealkylation sites (N-methyl/N-ethyl adjacent to an activating group) is 1. The monoisotopic (exact) mass is 469 g/mol. The molecular weight excluding hydrogens is 452 g/mol. The number of nitriles is 1. The highest BCUT2D eigenvalue weighted by Gasteiger charge is 2.83. The van der Waals surface area contributed by atoms with E-state index in [2.05, 4.69) is 5.43 Å². The van der Waals surface area contributed by atoms with Crippen LogP contribution in [0.2, 0.25) is 5.02 Å². The van der Waals surface area contributed by atoms with Crippen LogP contribution in [0.25, 0.3) is 0 Å². The SMILES string of the molecule is CN(C)C(=N)C1NN(Cl)C(C#N)C1(c1c(Cl)cccc1C(F)(F)F)C1(C)CC1(F)F. The summed E-state index contributed by atoms with van der Waals surface area (Å²) in [5.74, 6) is -3.73. The summed E-state index contributed by atoms with van der Waals surface area (Å²) in [4.78, 5) is 1.25. The number of hydrogen-bond acceptors (Lipinski definition) is 4. The third kappa shape index (κ3) is 2.90. The lowest BCUT2D eigenvalue weighted by Crippen LogP contribution is -2.59. The molecule has 0 bridgehead atoms. The van der Waals surface area contributed by atoms with Crippen LogP contribution in [0.3, 0.4) is 0 Å². The van der Waals surface area contributed by atoms with Gasteiger partial charge in [-0.25, -0.2) is 14.2 Å². The Labute approximate surface area is 179 Å². The summed E-state index contributed by atoms with van der Waals surface area (Å²) in [6.07, 6.45) is -5.73. The van der Waals surface area contributed by atoms with E-state index in [0.717, 1.165) is 25.1 Å². The van der Waals surface area contributed by atoms with Crippen LogP contribution in [0, 0.1) is 22.2 Å². The van der Waals surface area contributed by atoms with E-state index in [1.165, 1.54) is 19.0 Å². The summed E-state index contributed by atoms with van der Waals surface area (Å²) >= 11 is 12.3. The molecular formula is C18H18Cl2F5N5. The normalized spacial score (nSPS) is 33.2. The molecule has 2 N–H and O–H groups in total. The van der Waals surface area contributed by atoms with E-state index in [1.54, 1.807) is 6.07 Å². The van der Waals surface area contributed by atoms with Crippen molar-refractivity contribution in [1.29, 1.82) is 10.7 Å². The predicted octanol–water partition coefficient (Wildman–Crippen LogP) is 4.42. The molecule has 0 aromatic heterocycles. The van der Waals surface area contributed by atoms with Crippen molar-refractivity contribution in [2.45, 2.75) is 42.9 Å². The van der Waals surface area contributed by atoms with Gasteiger partial charge in [0.2, 0.25) is 0 Å². The van der Waals surface area contributed by atoms with E-state index in [0.29, 0.717) is 4.53 Å². The van der Waals surface area contributed by atoms with E-state index in [4.69, 9.17) is 28.8 Å². The molecule has 30 heavy (non-hydrogen) atoms. The summed E-state index contributed by atoms with van der Waals surface area (Å²) < 4.78 is 72.3. The van der Waals surface area contributed by atoms with Gasteiger partial charge in [-0.2, -0.15) is 18.4 Å². The smallest absolute Gasteiger partial charge is 0.365 e. The van der Waals surface area contributed by atoms with Crippen LogP contribution >= 0.6 is 23.4 Å². The molecule has 12 heteroatoms. The van der Waals surface area contributed by atoms with E-state index >= 15 is 0 Å². The van der Waals surface area contributed by atoms with Gasteiger partial charge in [-0.1, -0.05) is 24.6 Å². The van der Waals surface area contributed by atoms with Gasteiger partial charge >= 0.3 is 6.18 Å². The second kappa shape index (κ2) is 6.92. The molecule has 164 valence electrons. The van der Waals surface area contributed by atoms with E-state index in [-0.39, 0.29) is 5.84 Å². The maximum absolute atomic E-state index is 14.8. The van der Waals surface area contributed by atoms with Crippen LogP contribution in [0.5, 0.6) is 0 Å². The number of nitrogens with zero attached hydrogens (tertiary/aromatic N) is 3. The Morgan fingerprint density at radius 3 is 2.37 bits per heavy atom. The van der Waals surface area contributed by atoms with Crippen molar-refractivity contribution >= 4 is 29.2 Å². The lowest BCUT2D eigenvalue weighted by Gasteiger charge is -2.44. The fraction of sp³-hybridized carbons (Fsp3) is 0.556. The van der Waals surface area contributed by atoms with Gasteiger partial charge in [0.15, 0.2) is 0 Å². The molecule has 2 fully saturated rings. The number of alkyl halides is 5. The maximum Gasteiger partial charge on any atom is 0.416 e. The average Bonchev–Trinajstić information content (AvgIpc) is 3.00. The highest BCUT2D eigenvalue weighted by Crippen LogP contribution is 2.73. The first kappa shape index (κ1) is 23.0. The third-order valence-corrected chi connectivity index (χ3v) is 6.75. The van der Waals surface area contributed by atoms with Crippen molar-refractivity contribution in [1.82, 2.24) is 14.9 Å². The summed E-state index contributed by atoms with van der Waals surface area (Å²) in [6, 6.07) is 1.56. The molecule has 1 aromatic rings. The van der Waals surface area contributed by atoms with Crippen LogP contribution in [0.4, 0.5) is 22.0 Å². The topological polar surface area (TPSA) is 66.2 Å². The molecule has 4 atom stereocenters. The Morgan fingerprint density at radius 1 is 1.37 bits per heavy atom. The molecule has 5 nitrogen and oxygen atoms in total. The Hall–Kier alpha value is -1.67. The first-order valence-corrected chi connectivity index (χ1v) is 9.49. The van der Waals surface area contributed by atoms with Crippen molar-refractivity contribution < 1.29 is 22.0 Å². The second-order valence-corrected chi connectivity index (χ2v) is 8.70. The number of benzene rings is 1. The minimum absolute atomic E-state index is 0.324. The summed E-state index contributed by atoms with van der Waals surface area (Å²) in [7, 11) is 2.88. The fourth-order valence-corrected chi connectivity index (χ4v) is 5.16. The Balaban J connectivity index is 2.49. The summed E-state index contributed by atoms with van der Waals surface area (Å²) in [6.45, 7) is 1.11. The molecule has 2 aliphatic rings. The first-order chi connectivity index (χ1) is 13.7. The highest BCUT2D eigenvalue weighted by molar-refractivity contribution is 6.31. The van der Waals surface area contributed by atoms with Crippen LogP contribution < -0.4 is 5.43 Å². The zero-order valence-corrected chi connectivity index (χ0v) is 17.6. The molecule has 1 saturated heterocycles. The van der Waals surface area contributed by atoms with Gasteiger partial charge in [0.25, 0.3) is 5.92 Å². The molecule has 0 amide bonds. The fourth-order valence-electron chi connectivity index (χ4n) is 4.53. The second-order valence-electron chi connectivity index (χ2n) is 7.93. The Kier molecular flexibility index (Phi) is 5.31. The molecule has 4 unspecified atom stereocenters. The molecule has 1 aliphatic heterocycles. The largest absolute Gasteiger partial charge is 0.416 e. The number of nitrogens with one attached hydrogen (secondary N) is 2. The van der Waals surface area contributed by atoms with Crippen LogP contribution in [-0.4, -0.2) is 47.4 Å². The lowest BCUT2D eigenvalue weighted by atomic mass is 9.59. The van der Waals surface area contributed by atoms with Gasteiger partial charge in [0, 0.05) is 25.5 Å². The van der Waals surface area contributed by atoms with Crippen molar-refractivity contribution in [2.24, 2.45) is 5.41 Å². The summed E-state index contributed by atoms with van der Waals surface area (Å²) in [5.41, 5.74) is -3.76. The van der Waals surface area contributed by atoms with Crippen molar-refractivity contribution in [3.05, 3.63) is 34.3 Å². The van der Waals surface area contributed by atoms with E-state index in [1.807, 2.05) is 0 Å². The van der Waals surface area contributed by atoms with Gasteiger partial charge in [-0.05, 0) is 29.5 Å². The molecule has 1 aromatic carbocycles. The Bertz CT molecular complexity index is 931. The Morgan fingerprint density at radius 2 is 1.93 bits per heavy atom. The van der Waals surface area contributed by atoms with Gasteiger partial charge < -0.3 is 4.90 Å². The molecule has 0 spiro atoms. The molecule has 3 rings (SSSR count). The van der Waals surface area contributed by atoms with Gasteiger partial charge in [0.1, 0.15) is 11.9 Å². The van der Waals surface area contributed by atoms with Gasteiger partial charge in [-0.15, -0.1) is 4.53 Å². The van der Waals surface area contributed by atoms with Crippen LogP contribution in [0.1, 0.15) is 24.5 Å². The van der Waals surface area contributed by atoms with E-state index in [9.17, 15) is 27.2 Å². The molecule has 1 heterocycles. The van der Waals surface area contributed by atoms with Gasteiger partial charge in [0.05, 0.1) is 28.5 Å². The number of hydrogen-bond donors (Lipinski definition) is 2. The van der Waals surface area contributed by atoms with Crippen molar-refractivity contribution in [3.63, 3.8) is 0 Å². The van der Waals surface area contributed by atoms with E-state index < -0.39 is 57.6 Å². The average molecular weight is 470 g/mol. The third-order valence-electron chi connectivity index (χ3n) is 6.15. The maximum atomic E-state index is 14.8. The quantitative estimate of drug-likeness (QED) is 0.297. The minimum Gasteiger partial charge on any atom is -0.365 e.